The number of hydrogen-bond acceptors (Lipinski definition) is 4. The van der Waals surface area contributed by atoms with E-state index in [-0.39, 0.29) is 0 Å². The van der Waals surface area contributed by atoms with Gasteiger partial charge in [-0.3, -0.25) is 0 Å². The van der Waals surface area contributed by atoms with Crippen LogP contribution in [0.15, 0.2) is 180 Å². The van der Waals surface area contributed by atoms with Crippen LogP contribution in [0.25, 0.3) is 99.9 Å². The van der Waals surface area contributed by atoms with Crippen LogP contribution in [-0.2, 0) is 0 Å². The van der Waals surface area contributed by atoms with Gasteiger partial charge in [-0.25, -0.2) is 15.0 Å². The summed E-state index contributed by atoms with van der Waals surface area (Å²) in [6, 6.07) is 61.1. The minimum atomic E-state index is 0.626. The number of aromatic nitrogens is 3. The first-order valence-electron chi connectivity index (χ1n) is 17.1. The first kappa shape index (κ1) is 29.0. The number of para-hydroxylation sites is 1. The number of hydrogen-bond donors (Lipinski definition) is 0. The lowest BCUT2D eigenvalue weighted by atomic mass is 9.94. The lowest BCUT2D eigenvalue weighted by Crippen LogP contribution is -2.00. The van der Waals surface area contributed by atoms with E-state index in [2.05, 4.69) is 164 Å². The topological polar surface area (TPSA) is 51.8 Å². The predicted octanol–water partition coefficient (Wildman–Crippen LogP) is 12.4. The number of furan rings is 1. The van der Waals surface area contributed by atoms with Crippen molar-refractivity contribution >= 4 is 43.5 Å². The van der Waals surface area contributed by atoms with Gasteiger partial charge in [0.2, 0.25) is 0 Å². The molecular formula is C47H29N3O. The molecular weight excluding hydrogens is 623 g/mol. The van der Waals surface area contributed by atoms with Crippen molar-refractivity contribution < 1.29 is 4.42 Å². The standard InChI is InChI=1S/C47H29N3O/c1-2-12-33(13-3-1)41-28-39(29-43-44(41)40-16-8-9-17-42(40)51-43)32-18-22-34(23-19-32)45-48-46(37-24-20-30-10-4-6-14-35(30)26-37)50-47(49-45)38-25-21-31-11-5-7-15-36(31)27-38/h1-29H. The van der Waals surface area contributed by atoms with Crippen molar-refractivity contribution in [1.29, 1.82) is 0 Å². The molecule has 2 aromatic heterocycles. The molecule has 4 nitrogen and oxygen atoms in total. The van der Waals surface area contributed by atoms with Gasteiger partial charge in [0.15, 0.2) is 17.5 Å². The molecule has 0 saturated carbocycles. The fourth-order valence-electron chi connectivity index (χ4n) is 7.10. The Kier molecular flexibility index (Phi) is 6.78. The van der Waals surface area contributed by atoms with Crippen LogP contribution in [0.1, 0.15) is 0 Å². The molecule has 0 atom stereocenters. The molecule has 0 aliphatic rings. The van der Waals surface area contributed by atoms with Gasteiger partial charge in [0, 0.05) is 27.5 Å². The highest BCUT2D eigenvalue weighted by Crippen LogP contribution is 2.40. The van der Waals surface area contributed by atoms with Crippen LogP contribution >= 0.6 is 0 Å². The quantitative estimate of drug-likeness (QED) is 0.186. The molecule has 0 aliphatic heterocycles. The second kappa shape index (κ2) is 11.9. The van der Waals surface area contributed by atoms with E-state index < -0.39 is 0 Å². The Morgan fingerprint density at radius 3 is 1.47 bits per heavy atom. The summed E-state index contributed by atoms with van der Waals surface area (Å²) in [7, 11) is 0. The van der Waals surface area contributed by atoms with Crippen molar-refractivity contribution in [3.8, 4) is 56.4 Å². The summed E-state index contributed by atoms with van der Waals surface area (Å²) in [6.45, 7) is 0. The minimum Gasteiger partial charge on any atom is -0.456 e. The molecule has 0 unspecified atom stereocenters. The molecule has 0 N–H and O–H groups in total. The molecule has 0 amide bonds. The zero-order chi connectivity index (χ0) is 33.7. The molecule has 4 heteroatoms. The maximum Gasteiger partial charge on any atom is 0.164 e. The average Bonchev–Trinajstić information content (AvgIpc) is 3.59. The van der Waals surface area contributed by atoms with Crippen LogP contribution in [0, 0.1) is 0 Å². The van der Waals surface area contributed by atoms with Crippen LogP contribution in [0.3, 0.4) is 0 Å². The van der Waals surface area contributed by atoms with Gasteiger partial charge >= 0.3 is 0 Å². The summed E-state index contributed by atoms with van der Waals surface area (Å²) < 4.78 is 6.41. The van der Waals surface area contributed by atoms with Crippen molar-refractivity contribution in [3.05, 3.63) is 176 Å². The summed E-state index contributed by atoms with van der Waals surface area (Å²) in [4.78, 5) is 15.1. The highest BCUT2D eigenvalue weighted by atomic mass is 16.3. The lowest BCUT2D eigenvalue weighted by molar-refractivity contribution is 0.669. The Morgan fingerprint density at radius 2 is 0.824 bits per heavy atom. The fraction of sp³-hybridized carbons (Fsp3) is 0. The molecule has 0 spiro atoms. The maximum absolute atomic E-state index is 6.41. The van der Waals surface area contributed by atoms with Crippen molar-refractivity contribution in [1.82, 2.24) is 15.0 Å². The van der Waals surface area contributed by atoms with E-state index in [1.807, 2.05) is 12.1 Å². The number of benzene rings is 8. The Labute approximate surface area is 294 Å². The van der Waals surface area contributed by atoms with E-state index >= 15 is 0 Å². The van der Waals surface area contributed by atoms with Gasteiger partial charge < -0.3 is 4.42 Å². The van der Waals surface area contributed by atoms with E-state index in [1.165, 1.54) is 10.8 Å². The highest BCUT2D eigenvalue weighted by molar-refractivity contribution is 6.13. The average molecular weight is 652 g/mol. The summed E-state index contributed by atoms with van der Waals surface area (Å²) in [5.74, 6) is 1.90. The second-order valence-electron chi connectivity index (χ2n) is 12.9. The molecule has 0 radical (unpaired) electrons. The maximum atomic E-state index is 6.41. The van der Waals surface area contributed by atoms with Crippen molar-refractivity contribution in [3.63, 3.8) is 0 Å². The molecule has 0 aliphatic carbocycles. The Balaban J connectivity index is 1.10. The van der Waals surface area contributed by atoms with Gasteiger partial charge in [0.25, 0.3) is 0 Å². The SMILES string of the molecule is c1ccc(-c2cc(-c3ccc(-c4nc(-c5ccc6ccccc6c5)nc(-c5ccc6ccccc6c5)n4)cc3)cc3oc4ccccc4c23)cc1. The molecule has 0 bridgehead atoms. The van der Waals surface area contributed by atoms with Gasteiger partial charge in [-0.15, -0.1) is 0 Å². The van der Waals surface area contributed by atoms with Crippen LogP contribution in [0.2, 0.25) is 0 Å². The van der Waals surface area contributed by atoms with Gasteiger partial charge in [0.05, 0.1) is 0 Å². The Morgan fingerprint density at radius 1 is 0.314 bits per heavy atom. The van der Waals surface area contributed by atoms with Crippen molar-refractivity contribution in [2.24, 2.45) is 0 Å². The zero-order valence-corrected chi connectivity index (χ0v) is 27.5. The van der Waals surface area contributed by atoms with E-state index in [1.54, 1.807) is 0 Å². The van der Waals surface area contributed by atoms with E-state index in [0.29, 0.717) is 17.5 Å². The largest absolute Gasteiger partial charge is 0.456 e. The Hall–Kier alpha value is -6.91. The van der Waals surface area contributed by atoms with E-state index in [4.69, 9.17) is 19.4 Å². The zero-order valence-electron chi connectivity index (χ0n) is 27.5. The molecule has 2 heterocycles. The first-order chi connectivity index (χ1) is 25.2. The van der Waals surface area contributed by atoms with Crippen LogP contribution in [0.5, 0.6) is 0 Å². The molecule has 0 saturated heterocycles. The van der Waals surface area contributed by atoms with Crippen LogP contribution in [0.4, 0.5) is 0 Å². The van der Waals surface area contributed by atoms with Gasteiger partial charge in [-0.05, 0) is 74.1 Å². The summed E-state index contributed by atoms with van der Waals surface area (Å²) in [5, 5.41) is 6.89. The van der Waals surface area contributed by atoms with Gasteiger partial charge in [-0.2, -0.15) is 0 Å². The van der Waals surface area contributed by atoms with Crippen LogP contribution in [-0.4, -0.2) is 15.0 Å². The smallest absolute Gasteiger partial charge is 0.164 e. The molecule has 0 fully saturated rings. The number of fused-ring (bicyclic) bond motifs is 5. The molecule has 8 aromatic carbocycles. The molecule has 10 aromatic rings. The predicted molar refractivity (Wildman–Crippen MR) is 209 cm³/mol. The molecule has 238 valence electrons. The van der Waals surface area contributed by atoms with Crippen molar-refractivity contribution in [2.45, 2.75) is 0 Å². The summed E-state index contributed by atoms with van der Waals surface area (Å²) >= 11 is 0. The molecule has 51 heavy (non-hydrogen) atoms. The second-order valence-corrected chi connectivity index (χ2v) is 12.9. The molecule has 10 rings (SSSR count). The number of rotatable bonds is 5. The number of nitrogens with zero attached hydrogens (tertiary/aromatic N) is 3. The third kappa shape index (κ3) is 5.22. The third-order valence-electron chi connectivity index (χ3n) is 9.69. The monoisotopic (exact) mass is 651 g/mol. The van der Waals surface area contributed by atoms with Crippen LogP contribution < -0.4 is 0 Å². The normalized spacial score (nSPS) is 11.5. The lowest BCUT2D eigenvalue weighted by Gasteiger charge is -2.11. The van der Waals surface area contributed by atoms with Gasteiger partial charge in [-0.1, -0.05) is 146 Å². The third-order valence-corrected chi connectivity index (χ3v) is 9.69. The highest BCUT2D eigenvalue weighted by Gasteiger charge is 2.17. The first-order valence-corrected chi connectivity index (χ1v) is 17.1. The minimum absolute atomic E-state index is 0.626. The van der Waals surface area contributed by atoms with Crippen molar-refractivity contribution in [2.75, 3.05) is 0 Å². The summed E-state index contributed by atoms with van der Waals surface area (Å²) in [5.41, 5.74) is 9.03. The van der Waals surface area contributed by atoms with E-state index in [0.717, 1.165) is 71.7 Å². The Bertz CT molecular complexity index is 2810. The van der Waals surface area contributed by atoms with E-state index in [9.17, 15) is 0 Å². The summed E-state index contributed by atoms with van der Waals surface area (Å²) in [6.07, 6.45) is 0. The fourth-order valence-corrected chi connectivity index (χ4v) is 7.10. The van der Waals surface area contributed by atoms with Gasteiger partial charge in [0.1, 0.15) is 11.2 Å².